The molecule has 0 atom stereocenters. The van der Waals surface area contributed by atoms with Crippen LogP contribution in [0.5, 0.6) is 5.75 Å². The van der Waals surface area contributed by atoms with E-state index in [4.69, 9.17) is 4.74 Å². The molecular weight excluding hydrogens is 348 g/mol. The molecule has 0 saturated heterocycles. The number of nitrogens with one attached hydrogen (secondary N) is 1. The van der Waals surface area contributed by atoms with Gasteiger partial charge in [-0.1, -0.05) is 30.3 Å². The van der Waals surface area contributed by atoms with Gasteiger partial charge in [0.15, 0.2) is 0 Å². The fourth-order valence-corrected chi connectivity index (χ4v) is 3.93. The van der Waals surface area contributed by atoms with Crippen molar-refractivity contribution in [2.45, 2.75) is 17.9 Å². The van der Waals surface area contributed by atoms with Gasteiger partial charge in [0, 0.05) is 25.4 Å². The number of sulfonamides is 1. The predicted octanol–water partition coefficient (Wildman–Crippen LogP) is 3.16. The zero-order valence-electron chi connectivity index (χ0n) is 14.1. The number of aromatic nitrogens is 1. The Morgan fingerprint density at radius 2 is 1.85 bits per heavy atom. The van der Waals surface area contributed by atoms with Crippen LogP contribution in [0.2, 0.25) is 0 Å². The summed E-state index contributed by atoms with van der Waals surface area (Å²) in [6, 6.07) is 17.2. The summed E-state index contributed by atoms with van der Waals surface area (Å²) in [5.74, 6) is 0.968. The Balaban J connectivity index is 1.47. The molecule has 0 spiro atoms. The molecule has 132 valence electrons. The van der Waals surface area contributed by atoms with E-state index in [1.807, 2.05) is 36.4 Å². The van der Waals surface area contributed by atoms with Crippen LogP contribution in [0.4, 0.5) is 0 Å². The second kappa shape index (κ2) is 6.90. The monoisotopic (exact) mass is 366 g/mol. The molecule has 0 radical (unpaired) electrons. The van der Waals surface area contributed by atoms with E-state index in [9.17, 15) is 8.42 Å². The van der Waals surface area contributed by atoms with Gasteiger partial charge in [-0.3, -0.25) is 4.98 Å². The smallest absolute Gasteiger partial charge is 0.242 e. The third-order valence-corrected chi connectivity index (χ3v) is 5.77. The first-order chi connectivity index (χ1) is 12.6. The lowest BCUT2D eigenvalue weighted by atomic mass is 10.0. The zero-order valence-corrected chi connectivity index (χ0v) is 14.9. The lowest BCUT2D eigenvalue weighted by Gasteiger charge is -2.08. The number of hydrogen-bond acceptors (Lipinski definition) is 4. The van der Waals surface area contributed by atoms with E-state index in [0.29, 0.717) is 0 Å². The molecule has 5 nitrogen and oxygen atoms in total. The van der Waals surface area contributed by atoms with Gasteiger partial charge in [0.1, 0.15) is 10.6 Å². The van der Waals surface area contributed by atoms with E-state index in [1.165, 1.54) is 17.8 Å². The first-order valence-electron chi connectivity index (χ1n) is 8.36. The highest BCUT2D eigenvalue weighted by atomic mass is 32.2. The molecule has 4 rings (SSSR count). The molecule has 26 heavy (non-hydrogen) atoms. The van der Waals surface area contributed by atoms with Crippen LogP contribution in [0.1, 0.15) is 11.1 Å². The predicted molar refractivity (Wildman–Crippen MR) is 99.3 cm³/mol. The van der Waals surface area contributed by atoms with Crippen LogP contribution < -0.4 is 9.46 Å². The number of ether oxygens (including phenoxy) is 1. The summed E-state index contributed by atoms with van der Waals surface area (Å²) >= 11 is 0. The van der Waals surface area contributed by atoms with Crippen molar-refractivity contribution in [3.8, 4) is 16.9 Å². The van der Waals surface area contributed by atoms with Gasteiger partial charge >= 0.3 is 0 Å². The van der Waals surface area contributed by atoms with Crippen LogP contribution in [0.25, 0.3) is 11.1 Å². The molecular formula is C20H18N2O3S. The zero-order chi connectivity index (χ0) is 18.0. The molecule has 0 unspecified atom stereocenters. The van der Waals surface area contributed by atoms with Crippen LogP contribution >= 0.6 is 0 Å². The Morgan fingerprint density at radius 1 is 1.04 bits per heavy atom. The third kappa shape index (κ3) is 3.47. The maximum Gasteiger partial charge on any atom is 0.242 e. The van der Waals surface area contributed by atoms with Gasteiger partial charge in [-0.05, 0) is 46.5 Å². The Morgan fingerprint density at radius 3 is 2.62 bits per heavy atom. The second-order valence-electron chi connectivity index (χ2n) is 6.13. The highest BCUT2D eigenvalue weighted by Gasteiger charge is 2.14. The number of rotatable bonds is 5. The number of pyridine rings is 1. The molecule has 1 aliphatic heterocycles. The quantitative estimate of drug-likeness (QED) is 0.753. The van der Waals surface area contributed by atoms with E-state index >= 15 is 0 Å². The van der Waals surface area contributed by atoms with Crippen molar-refractivity contribution in [3.05, 3.63) is 78.1 Å². The maximum atomic E-state index is 12.2. The van der Waals surface area contributed by atoms with Gasteiger partial charge in [0.05, 0.1) is 6.61 Å². The first kappa shape index (κ1) is 16.8. The van der Waals surface area contributed by atoms with E-state index < -0.39 is 10.0 Å². The van der Waals surface area contributed by atoms with Crippen molar-refractivity contribution in [1.82, 2.24) is 9.71 Å². The van der Waals surface area contributed by atoms with Crippen LogP contribution in [0.3, 0.4) is 0 Å². The summed E-state index contributed by atoms with van der Waals surface area (Å²) in [6.07, 6.45) is 3.82. The number of nitrogens with zero attached hydrogens (tertiary/aromatic N) is 1. The minimum absolute atomic E-state index is 0.164. The van der Waals surface area contributed by atoms with Gasteiger partial charge in [-0.25, -0.2) is 13.1 Å². The summed E-state index contributed by atoms with van der Waals surface area (Å²) in [4.78, 5) is 4.01. The molecule has 1 aliphatic rings. The normalized spacial score (nSPS) is 13.2. The molecule has 1 N–H and O–H groups in total. The SMILES string of the molecule is O=S(=O)(NCc1ccc(-c2ccc3c(c2)CCO3)cc1)c1cccnc1. The highest BCUT2D eigenvalue weighted by Crippen LogP contribution is 2.30. The number of hydrogen-bond donors (Lipinski definition) is 1. The van der Waals surface area contributed by atoms with Crippen molar-refractivity contribution >= 4 is 10.0 Å². The van der Waals surface area contributed by atoms with Crippen molar-refractivity contribution in [2.75, 3.05) is 6.61 Å². The third-order valence-electron chi connectivity index (χ3n) is 4.39. The largest absolute Gasteiger partial charge is 0.493 e. The van der Waals surface area contributed by atoms with Gasteiger partial charge in [0.25, 0.3) is 0 Å². The number of fused-ring (bicyclic) bond motifs is 1. The highest BCUT2D eigenvalue weighted by molar-refractivity contribution is 7.89. The molecule has 6 heteroatoms. The van der Waals surface area contributed by atoms with E-state index in [-0.39, 0.29) is 11.4 Å². The first-order valence-corrected chi connectivity index (χ1v) is 9.85. The molecule has 0 amide bonds. The van der Waals surface area contributed by atoms with Gasteiger partial charge in [-0.15, -0.1) is 0 Å². The molecule has 1 aromatic heterocycles. The lowest BCUT2D eigenvalue weighted by molar-refractivity contribution is 0.357. The van der Waals surface area contributed by atoms with Crippen LogP contribution in [0, 0.1) is 0 Å². The fourth-order valence-electron chi connectivity index (χ4n) is 2.95. The molecule has 0 aliphatic carbocycles. The van der Waals surface area contributed by atoms with E-state index in [0.717, 1.165) is 35.5 Å². The molecule has 0 saturated carbocycles. The van der Waals surface area contributed by atoms with Gasteiger partial charge in [0.2, 0.25) is 10.0 Å². The fraction of sp³-hybridized carbons (Fsp3) is 0.150. The minimum Gasteiger partial charge on any atom is -0.493 e. The van der Waals surface area contributed by atoms with Gasteiger partial charge < -0.3 is 4.74 Å². The van der Waals surface area contributed by atoms with E-state index in [1.54, 1.807) is 12.3 Å². The average molecular weight is 366 g/mol. The Bertz CT molecular complexity index is 1020. The average Bonchev–Trinajstić information content (AvgIpc) is 3.15. The van der Waals surface area contributed by atoms with Crippen molar-refractivity contribution in [2.24, 2.45) is 0 Å². The van der Waals surface area contributed by atoms with Gasteiger partial charge in [-0.2, -0.15) is 0 Å². The molecule has 3 aromatic rings. The molecule has 0 bridgehead atoms. The summed E-state index contributed by atoms with van der Waals surface area (Å²) in [5.41, 5.74) is 4.36. The molecule has 2 aromatic carbocycles. The topological polar surface area (TPSA) is 68.3 Å². The van der Waals surface area contributed by atoms with Crippen molar-refractivity contribution in [1.29, 1.82) is 0 Å². The Kier molecular flexibility index (Phi) is 4.44. The number of benzene rings is 2. The standard InChI is InChI=1S/C20H18N2O3S/c23-26(24,19-2-1-10-21-14-19)22-13-15-3-5-16(6-4-15)17-7-8-20-18(12-17)9-11-25-20/h1-8,10,12,14,22H,9,11,13H2. The summed E-state index contributed by atoms with van der Waals surface area (Å²) in [5, 5.41) is 0. The van der Waals surface area contributed by atoms with E-state index in [2.05, 4.69) is 15.8 Å². The van der Waals surface area contributed by atoms with Crippen molar-refractivity contribution < 1.29 is 13.2 Å². The maximum absolute atomic E-state index is 12.2. The molecule has 0 fully saturated rings. The summed E-state index contributed by atoms with van der Waals surface area (Å²) in [6.45, 7) is 0.977. The second-order valence-corrected chi connectivity index (χ2v) is 7.90. The summed E-state index contributed by atoms with van der Waals surface area (Å²) < 4.78 is 32.6. The minimum atomic E-state index is -3.55. The van der Waals surface area contributed by atoms with Crippen LogP contribution in [-0.2, 0) is 23.0 Å². The lowest BCUT2D eigenvalue weighted by Crippen LogP contribution is -2.23. The Hall–Kier alpha value is -2.70. The molecule has 2 heterocycles. The Labute approximate surface area is 152 Å². The van der Waals surface area contributed by atoms with Crippen molar-refractivity contribution in [3.63, 3.8) is 0 Å². The van der Waals surface area contributed by atoms with Crippen LogP contribution in [0.15, 0.2) is 71.9 Å². The van der Waals surface area contributed by atoms with Crippen LogP contribution in [-0.4, -0.2) is 20.0 Å². The summed E-state index contributed by atoms with van der Waals surface area (Å²) in [7, 11) is -3.55.